The van der Waals surface area contributed by atoms with E-state index in [-0.39, 0.29) is 5.91 Å². The summed E-state index contributed by atoms with van der Waals surface area (Å²) in [7, 11) is 0. The maximum absolute atomic E-state index is 12.9. The molecule has 0 aliphatic rings. The number of pyridine rings is 1. The molecular weight excluding hydrogens is 374 g/mol. The van der Waals surface area contributed by atoms with E-state index in [4.69, 9.17) is 0 Å². The number of carbonyl (C=O) groups is 1. The molecular formula is C17H14BrN3OS. The first kappa shape index (κ1) is 15.8. The molecule has 0 fully saturated rings. The third-order valence-electron chi connectivity index (χ3n) is 3.27. The molecule has 0 unspecified atom stereocenters. The molecule has 3 aromatic rings. The zero-order valence-corrected chi connectivity index (χ0v) is 14.8. The first-order valence-corrected chi connectivity index (χ1v) is 8.70. The Kier molecular flexibility index (Phi) is 4.83. The fraction of sp³-hybridized carbons (Fsp3) is 0.118. The molecule has 2 aromatic heterocycles. The van der Waals surface area contributed by atoms with E-state index in [1.165, 1.54) is 11.3 Å². The number of rotatable bonds is 4. The third-order valence-corrected chi connectivity index (χ3v) is 4.57. The fourth-order valence-corrected chi connectivity index (χ4v) is 3.01. The van der Waals surface area contributed by atoms with Crippen LogP contribution < -0.4 is 4.90 Å². The maximum atomic E-state index is 12.9. The van der Waals surface area contributed by atoms with Gasteiger partial charge in [0.25, 0.3) is 5.91 Å². The van der Waals surface area contributed by atoms with Gasteiger partial charge in [0.2, 0.25) is 0 Å². The Bertz CT molecular complexity index is 802. The van der Waals surface area contributed by atoms with Gasteiger partial charge in [0.1, 0.15) is 5.69 Å². The first-order valence-electron chi connectivity index (χ1n) is 7.03. The SMILES string of the molecule is Cc1nc(C(=O)N(Cc2ccccn2)c2ccc(Br)cc2)cs1. The number of aryl methyl sites for hydroxylation is 1. The summed E-state index contributed by atoms with van der Waals surface area (Å²) < 4.78 is 0.969. The van der Waals surface area contributed by atoms with Crippen LogP contribution in [-0.4, -0.2) is 15.9 Å². The second kappa shape index (κ2) is 7.02. The lowest BCUT2D eigenvalue weighted by Gasteiger charge is -2.21. The Morgan fingerprint density at radius 3 is 2.61 bits per heavy atom. The van der Waals surface area contributed by atoms with Crippen LogP contribution in [-0.2, 0) is 6.54 Å². The van der Waals surface area contributed by atoms with Gasteiger partial charge in [0.05, 0.1) is 17.2 Å². The molecule has 0 saturated heterocycles. The summed E-state index contributed by atoms with van der Waals surface area (Å²) in [6, 6.07) is 13.3. The van der Waals surface area contributed by atoms with E-state index in [9.17, 15) is 4.79 Å². The number of halogens is 1. The minimum absolute atomic E-state index is 0.123. The van der Waals surface area contributed by atoms with E-state index < -0.39 is 0 Å². The van der Waals surface area contributed by atoms with Gasteiger partial charge < -0.3 is 4.90 Å². The molecule has 116 valence electrons. The Morgan fingerprint density at radius 1 is 1.22 bits per heavy atom. The molecule has 0 saturated carbocycles. The van der Waals surface area contributed by atoms with Crippen molar-refractivity contribution < 1.29 is 4.79 Å². The number of carbonyl (C=O) groups excluding carboxylic acids is 1. The van der Waals surface area contributed by atoms with Crippen LogP contribution in [0.5, 0.6) is 0 Å². The lowest BCUT2D eigenvalue weighted by atomic mass is 10.2. The summed E-state index contributed by atoms with van der Waals surface area (Å²) in [6.07, 6.45) is 1.73. The Morgan fingerprint density at radius 2 is 2.00 bits per heavy atom. The number of aromatic nitrogens is 2. The van der Waals surface area contributed by atoms with E-state index in [0.29, 0.717) is 12.2 Å². The summed E-state index contributed by atoms with van der Waals surface area (Å²) in [5.74, 6) is -0.123. The van der Waals surface area contributed by atoms with Gasteiger partial charge in [-0.3, -0.25) is 9.78 Å². The van der Waals surface area contributed by atoms with Crippen LogP contribution in [0.3, 0.4) is 0 Å². The van der Waals surface area contributed by atoms with E-state index in [0.717, 1.165) is 20.9 Å². The van der Waals surface area contributed by atoms with Gasteiger partial charge in [0.15, 0.2) is 0 Å². The molecule has 0 atom stereocenters. The Hall–Kier alpha value is -2.05. The number of benzene rings is 1. The predicted octanol–water partition coefficient (Wildman–Crippen LogP) is 4.46. The van der Waals surface area contributed by atoms with E-state index >= 15 is 0 Å². The number of hydrogen-bond acceptors (Lipinski definition) is 4. The van der Waals surface area contributed by atoms with Crippen molar-refractivity contribution in [2.24, 2.45) is 0 Å². The molecule has 1 amide bonds. The second-order valence-electron chi connectivity index (χ2n) is 4.94. The lowest BCUT2D eigenvalue weighted by molar-refractivity contribution is 0.0980. The molecule has 0 bridgehead atoms. The number of hydrogen-bond donors (Lipinski definition) is 0. The lowest BCUT2D eigenvalue weighted by Crippen LogP contribution is -2.31. The molecule has 0 aliphatic heterocycles. The largest absolute Gasteiger partial charge is 0.301 e. The molecule has 23 heavy (non-hydrogen) atoms. The highest BCUT2D eigenvalue weighted by Crippen LogP contribution is 2.23. The van der Waals surface area contributed by atoms with Gasteiger partial charge in [-0.25, -0.2) is 4.98 Å². The van der Waals surface area contributed by atoms with Crippen LogP contribution in [0, 0.1) is 6.92 Å². The van der Waals surface area contributed by atoms with Gasteiger partial charge in [-0.05, 0) is 43.3 Å². The maximum Gasteiger partial charge on any atom is 0.278 e. The summed E-state index contributed by atoms with van der Waals surface area (Å²) in [5.41, 5.74) is 2.11. The van der Waals surface area contributed by atoms with Crippen molar-refractivity contribution in [1.82, 2.24) is 9.97 Å². The number of thiazole rings is 1. The van der Waals surface area contributed by atoms with Crippen molar-refractivity contribution in [3.8, 4) is 0 Å². The van der Waals surface area contributed by atoms with Crippen LogP contribution in [0.15, 0.2) is 58.5 Å². The van der Waals surface area contributed by atoms with Crippen molar-refractivity contribution in [2.75, 3.05) is 4.90 Å². The summed E-state index contributed by atoms with van der Waals surface area (Å²) in [5, 5.41) is 2.67. The van der Waals surface area contributed by atoms with Crippen molar-refractivity contribution in [2.45, 2.75) is 13.5 Å². The fourth-order valence-electron chi connectivity index (χ4n) is 2.15. The number of nitrogens with zero attached hydrogens (tertiary/aromatic N) is 3. The normalized spacial score (nSPS) is 10.5. The van der Waals surface area contributed by atoms with Crippen molar-refractivity contribution in [1.29, 1.82) is 0 Å². The number of anilines is 1. The topological polar surface area (TPSA) is 46.1 Å². The molecule has 0 spiro atoms. The zero-order chi connectivity index (χ0) is 16.2. The average molecular weight is 388 g/mol. The summed E-state index contributed by atoms with van der Waals surface area (Å²) >= 11 is 4.89. The van der Waals surface area contributed by atoms with Crippen LogP contribution in [0.4, 0.5) is 5.69 Å². The molecule has 0 radical (unpaired) electrons. The molecule has 6 heteroatoms. The van der Waals surface area contributed by atoms with Crippen molar-refractivity contribution in [3.63, 3.8) is 0 Å². The average Bonchev–Trinajstić information content (AvgIpc) is 3.00. The number of amides is 1. The minimum atomic E-state index is -0.123. The molecule has 3 rings (SSSR count). The highest BCUT2D eigenvalue weighted by Gasteiger charge is 2.20. The highest BCUT2D eigenvalue weighted by molar-refractivity contribution is 9.10. The molecule has 4 nitrogen and oxygen atoms in total. The van der Waals surface area contributed by atoms with Crippen LogP contribution in [0.2, 0.25) is 0 Å². The van der Waals surface area contributed by atoms with Crippen LogP contribution in [0.25, 0.3) is 0 Å². The van der Waals surface area contributed by atoms with Crippen LogP contribution in [0.1, 0.15) is 21.2 Å². The van der Waals surface area contributed by atoms with E-state index in [2.05, 4.69) is 25.9 Å². The highest BCUT2D eigenvalue weighted by atomic mass is 79.9. The van der Waals surface area contributed by atoms with Gasteiger partial charge >= 0.3 is 0 Å². The van der Waals surface area contributed by atoms with Gasteiger partial charge in [-0.2, -0.15) is 0 Å². The van der Waals surface area contributed by atoms with Crippen molar-refractivity contribution >= 4 is 38.9 Å². The smallest absolute Gasteiger partial charge is 0.278 e. The molecule has 2 heterocycles. The Labute approximate surface area is 147 Å². The van der Waals surface area contributed by atoms with Crippen LogP contribution >= 0.6 is 27.3 Å². The third kappa shape index (κ3) is 3.83. The molecule has 0 aliphatic carbocycles. The molecule has 1 aromatic carbocycles. The van der Waals surface area contributed by atoms with Crippen molar-refractivity contribution in [3.05, 3.63) is 74.9 Å². The van der Waals surface area contributed by atoms with Gasteiger partial charge in [-0.15, -0.1) is 11.3 Å². The molecule has 0 N–H and O–H groups in total. The van der Waals surface area contributed by atoms with Gasteiger partial charge in [-0.1, -0.05) is 22.0 Å². The standard InChI is InChI=1S/C17H14BrN3OS/c1-12-20-16(11-23-12)17(22)21(10-14-4-2-3-9-19-14)15-7-5-13(18)6-8-15/h2-9,11H,10H2,1H3. The zero-order valence-electron chi connectivity index (χ0n) is 12.4. The predicted molar refractivity (Wildman–Crippen MR) is 95.7 cm³/mol. The summed E-state index contributed by atoms with van der Waals surface area (Å²) in [6.45, 7) is 2.29. The first-order chi connectivity index (χ1) is 11.1. The van der Waals surface area contributed by atoms with Gasteiger partial charge in [0, 0.05) is 21.7 Å². The quantitative estimate of drug-likeness (QED) is 0.663. The van der Waals surface area contributed by atoms with E-state index in [1.807, 2.05) is 49.4 Å². The second-order valence-corrected chi connectivity index (χ2v) is 6.92. The van der Waals surface area contributed by atoms with E-state index in [1.54, 1.807) is 16.5 Å². The monoisotopic (exact) mass is 387 g/mol. The minimum Gasteiger partial charge on any atom is -0.301 e. The summed E-state index contributed by atoms with van der Waals surface area (Å²) in [4.78, 5) is 23.2. The Balaban J connectivity index is 1.95.